The first-order valence-electron chi connectivity index (χ1n) is 9.03. The molecule has 2 N–H and O–H groups in total. The SMILES string of the molecule is COCCNc1ncnc2c1cnn2CCNC(=O)COc1ccccc1C. The van der Waals surface area contributed by atoms with Gasteiger partial charge in [-0.25, -0.2) is 14.6 Å². The number of carbonyl (C=O) groups excluding carboxylic acids is 1. The van der Waals surface area contributed by atoms with E-state index < -0.39 is 0 Å². The molecule has 1 amide bonds. The molecule has 0 radical (unpaired) electrons. The topological polar surface area (TPSA) is 103 Å². The lowest BCUT2D eigenvalue weighted by atomic mass is 10.2. The summed E-state index contributed by atoms with van der Waals surface area (Å²) < 4.78 is 12.3. The van der Waals surface area contributed by atoms with Crippen LogP contribution in [0.25, 0.3) is 11.0 Å². The van der Waals surface area contributed by atoms with Gasteiger partial charge in [-0.2, -0.15) is 5.10 Å². The summed E-state index contributed by atoms with van der Waals surface area (Å²) in [5, 5.41) is 11.2. The lowest BCUT2D eigenvalue weighted by Crippen LogP contribution is -2.31. The van der Waals surface area contributed by atoms with Crippen LogP contribution in [0.15, 0.2) is 36.8 Å². The number of amides is 1. The minimum absolute atomic E-state index is 0.0273. The Hall–Kier alpha value is -3.20. The molecule has 0 aliphatic heterocycles. The molecule has 0 bridgehead atoms. The number of benzene rings is 1. The molecular formula is C19H24N6O3. The van der Waals surface area contributed by atoms with Crippen molar-refractivity contribution in [1.82, 2.24) is 25.1 Å². The number of hydrogen-bond acceptors (Lipinski definition) is 7. The summed E-state index contributed by atoms with van der Waals surface area (Å²) in [5.41, 5.74) is 1.70. The molecule has 2 heterocycles. The van der Waals surface area contributed by atoms with Crippen LogP contribution in [0.2, 0.25) is 0 Å². The number of hydrogen-bond donors (Lipinski definition) is 2. The van der Waals surface area contributed by atoms with E-state index in [-0.39, 0.29) is 12.5 Å². The molecule has 9 nitrogen and oxygen atoms in total. The van der Waals surface area contributed by atoms with E-state index in [1.165, 1.54) is 6.33 Å². The maximum Gasteiger partial charge on any atom is 0.258 e. The Morgan fingerprint density at radius 3 is 2.89 bits per heavy atom. The van der Waals surface area contributed by atoms with Gasteiger partial charge in [-0.05, 0) is 18.6 Å². The van der Waals surface area contributed by atoms with E-state index in [4.69, 9.17) is 9.47 Å². The summed E-state index contributed by atoms with van der Waals surface area (Å²) in [6.07, 6.45) is 3.21. The normalized spacial score (nSPS) is 10.8. The highest BCUT2D eigenvalue weighted by Crippen LogP contribution is 2.18. The number of aromatic nitrogens is 4. The van der Waals surface area contributed by atoms with Crippen molar-refractivity contribution >= 4 is 22.8 Å². The molecule has 0 aliphatic rings. The first-order chi connectivity index (χ1) is 13.7. The van der Waals surface area contributed by atoms with Gasteiger partial charge in [0.05, 0.1) is 24.7 Å². The second-order valence-corrected chi connectivity index (χ2v) is 6.15. The fraction of sp³-hybridized carbons (Fsp3) is 0.368. The number of nitrogens with zero attached hydrogens (tertiary/aromatic N) is 4. The van der Waals surface area contributed by atoms with Crippen LogP contribution in [0.5, 0.6) is 5.75 Å². The van der Waals surface area contributed by atoms with Gasteiger partial charge in [0.25, 0.3) is 5.91 Å². The molecule has 3 aromatic rings. The van der Waals surface area contributed by atoms with Crippen molar-refractivity contribution < 1.29 is 14.3 Å². The predicted octanol–water partition coefficient (Wildman–Crippen LogP) is 1.39. The highest BCUT2D eigenvalue weighted by atomic mass is 16.5. The first kappa shape index (κ1) is 19.6. The molecule has 28 heavy (non-hydrogen) atoms. The third-order valence-corrected chi connectivity index (χ3v) is 4.13. The standard InChI is InChI=1S/C19H24N6O3/c1-14-5-3-4-6-16(14)28-12-17(26)20-7-9-25-19-15(11-24-25)18(22-13-23-19)21-8-10-27-2/h3-6,11,13H,7-10,12H2,1-2H3,(H,20,26)(H,21,22,23). The third-order valence-electron chi connectivity index (χ3n) is 4.13. The maximum absolute atomic E-state index is 12.0. The number of nitrogens with one attached hydrogen (secondary N) is 2. The monoisotopic (exact) mass is 384 g/mol. The van der Waals surface area contributed by atoms with Gasteiger partial charge in [0.1, 0.15) is 17.9 Å². The lowest BCUT2D eigenvalue weighted by Gasteiger charge is -2.10. The van der Waals surface area contributed by atoms with Crippen LogP contribution in [0.3, 0.4) is 0 Å². The Balaban J connectivity index is 1.50. The Morgan fingerprint density at radius 1 is 1.21 bits per heavy atom. The van der Waals surface area contributed by atoms with Gasteiger partial charge < -0.3 is 20.1 Å². The number of aryl methyl sites for hydroxylation is 1. The molecule has 9 heteroatoms. The summed E-state index contributed by atoms with van der Waals surface area (Å²) in [6.45, 7) is 4.05. The molecule has 2 aromatic heterocycles. The van der Waals surface area contributed by atoms with Crippen LogP contribution in [-0.4, -0.2) is 59.1 Å². The smallest absolute Gasteiger partial charge is 0.258 e. The van der Waals surface area contributed by atoms with Crippen molar-refractivity contribution in [2.45, 2.75) is 13.5 Å². The highest BCUT2D eigenvalue weighted by Gasteiger charge is 2.10. The zero-order valence-corrected chi connectivity index (χ0v) is 16.0. The van der Waals surface area contributed by atoms with Crippen molar-refractivity contribution in [3.05, 3.63) is 42.4 Å². The van der Waals surface area contributed by atoms with E-state index in [0.717, 1.165) is 10.9 Å². The van der Waals surface area contributed by atoms with Crippen LogP contribution in [0.4, 0.5) is 5.82 Å². The Kier molecular flexibility index (Phi) is 6.74. The van der Waals surface area contributed by atoms with Crippen LogP contribution in [0, 0.1) is 6.92 Å². The van der Waals surface area contributed by atoms with Gasteiger partial charge in [-0.3, -0.25) is 4.79 Å². The van der Waals surface area contributed by atoms with E-state index in [1.54, 1.807) is 18.0 Å². The van der Waals surface area contributed by atoms with Gasteiger partial charge in [0, 0.05) is 20.2 Å². The largest absolute Gasteiger partial charge is 0.484 e. The predicted molar refractivity (Wildman–Crippen MR) is 105 cm³/mol. The summed E-state index contributed by atoms with van der Waals surface area (Å²) in [6, 6.07) is 7.59. The van der Waals surface area contributed by atoms with Crippen LogP contribution in [0.1, 0.15) is 5.56 Å². The van der Waals surface area contributed by atoms with Crippen molar-refractivity contribution in [2.24, 2.45) is 0 Å². The van der Waals surface area contributed by atoms with Crippen molar-refractivity contribution in [3.8, 4) is 5.75 Å². The summed E-state index contributed by atoms with van der Waals surface area (Å²) >= 11 is 0. The number of para-hydroxylation sites is 1. The van der Waals surface area contributed by atoms with E-state index in [2.05, 4.69) is 25.7 Å². The quantitative estimate of drug-likeness (QED) is 0.509. The minimum Gasteiger partial charge on any atom is -0.484 e. The van der Waals surface area contributed by atoms with E-state index >= 15 is 0 Å². The molecule has 0 atom stereocenters. The number of rotatable bonds is 10. The Bertz CT molecular complexity index is 927. The maximum atomic E-state index is 12.0. The number of methoxy groups -OCH3 is 1. The summed E-state index contributed by atoms with van der Waals surface area (Å²) in [5.74, 6) is 1.24. The molecular weight excluding hydrogens is 360 g/mol. The van der Waals surface area contributed by atoms with Gasteiger partial charge in [0.15, 0.2) is 12.3 Å². The van der Waals surface area contributed by atoms with Gasteiger partial charge >= 0.3 is 0 Å². The van der Waals surface area contributed by atoms with E-state index in [0.29, 0.717) is 43.5 Å². The van der Waals surface area contributed by atoms with Crippen molar-refractivity contribution in [3.63, 3.8) is 0 Å². The molecule has 0 aliphatic carbocycles. The molecule has 0 spiro atoms. The van der Waals surface area contributed by atoms with E-state index in [1.807, 2.05) is 31.2 Å². The summed E-state index contributed by atoms with van der Waals surface area (Å²) in [7, 11) is 1.65. The molecule has 3 rings (SSSR count). The van der Waals surface area contributed by atoms with Gasteiger partial charge in [-0.15, -0.1) is 0 Å². The zero-order chi connectivity index (χ0) is 19.8. The first-order valence-corrected chi connectivity index (χ1v) is 9.03. The van der Waals surface area contributed by atoms with Gasteiger partial charge in [-0.1, -0.05) is 18.2 Å². The Labute approximate surface area is 163 Å². The molecule has 0 fully saturated rings. The number of anilines is 1. The average molecular weight is 384 g/mol. The fourth-order valence-corrected chi connectivity index (χ4v) is 2.68. The fourth-order valence-electron chi connectivity index (χ4n) is 2.68. The Morgan fingerprint density at radius 2 is 2.07 bits per heavy atom. The van der Waals surface area contributed by atoms with E-state index in [9.17, 15) is 4.79 Å². The molecule has 0 unspecified atom stereocenters. The van der Waals surface area contributed by atoms with Crippen LogP contribution < -0.4 is 15.4 Å². The van der Waals surface area contributed by atoms with Crippen LogP contribution >= 0.6 is 0 Å². The van der Waals surface area contributed by atoms with Crippen LogP contribution in [-0.2, 0) is 16.1 Å². The van der Waals surface area contributed by atoms with Crippen molar-refractivity contribution in [2.75, 3.05) is 38.7 Å². The molecule has 0 saturated heterocycles. The minimum atomic E-state index is -0.184. The highest BCUT2D eigenvalue weighted by molar-refractivity contribution is 5.86. The molecule has 1 aromatic carbocycles. The number of carbonyl (C=O) groups is 1. The van der Waals surface area contributed by atoms with Gasteiger partial charge in [0.2, 0.25) is 0 Å². The second-order valence-electron chi connectivity index (χ2n) is 6.15. The lowest BCUT2D eigenvalue weighted by molar-refractivity contribution is -0.123. The third kappa shape index (κ3) is 4.95. The number of fused-ring (bicyclic) bond motifs is 1. The zero-order valence-electron chi connectivity index (χ0n) is 16.0. The second kappa shape index (κ2) is 9.65. The molecule has 0 saturated carbocycles. The summed E-state index contributed by atoms with van der Waals surface area (Å²) in [4.78, 5) is 20.5. The molecule has 148 valence electrons. The number of ether oxygens (including phenoxy) is 2. The van der Waals surface area contributed by atoms with Crippen molar-refractivity contribution in [1.29, 1.82) is 0 Å². The average Bonchev–Trinajstić information content (AvgIpc) is 3.12.